The van der Waals surface area contributed by atoms with Gasteiger partial charge in [0.25, 0.3) is 15.9 Å². The van der Waals surface area contributed by atoms with Gasteiger partial charge >= 0.3 is 5.97 Å². The highest BCUT2D eigenvalue weighted by Gasteiger charge is 2.29. The van der Waals surface area contributed by atoms with Crippen LogP contribution in [-0.4, -0.2) is 50.5 Å². The molecule has 150 valence electrons. The van der Waals surface area contributed by atoms with Gasteiger partial charge in [-0.25, -0.2) is 17.6 Å². The molecule has 0 aromatic heterocycles. The molecule has 0 bridgehead atoms. The van der Waals surface area contributed by atoms with Gasteiger partial charge in [0.1, 0.15) is 5.82 Å². The molecule has 0 saturated carbocycles. The van der Waals surface area contributed by atoms with Crippen LogP contribution in [0.25, 0.3) is 0 Å². The summed E-state index contributed by atoms with van der Waals surface area (Å²) in [6.45, 7) is 2.76. The first kappa shape index (κ1) is 21.3. The Balaban J connectivity index is 1.76. The highest BCUT2D eigenvalue weighted by Crippen LogP contribution is 2.22. The van der Waals surface area contributed by atoms with Crippen molar-refractivity contribution < 1.29 is 32.0 Å². The molecule has 1 aromatic rings. The summed E-state index contributed by atoms with van der Waals surface area (Å²) < 4.78 is 41.5. The van der Waals surface area contributed by atoms with Crippen LogP contribution in [0.5, 0.6) is 0 Å². The standard InChI is InChI=1S/C17H23FN2O6S/c1-12-4-3-5-13(2)20(12)16(21)10-25-17(22)11-26-19-27(23,24)15-8-6-14(18)7-9-15/h6-9,12-13,19H,3-5,10-11H2,1-2H3/t12-,13+. The van der Waals surface area contributed by atoms with E-state index in [2.05, 4.69) is 4.84 Å². The third-order valence-electron chi connectivity index (χ3n) is 4.32. The van der Waals surface area contributed by atoms with Gasteiger partial charge in [-0.2, -0.15) is 0 Å². The van der Waals surface area contributed by atoms with Gasteiger partial charge in [0, 0.05) is 12.1 Å². The summed E-state index contributed by atoms with van der Waals surface area (Å²) in [7, 11) is -4.06. The Labute approximate surface area is 157 Å². The summed E-state index contributed by atoms with van der Waals surface area (Å²) in [5.41, 5.74) is 0. The Morgan fingerprint density at radius 1 is 1.15 bits per heavy atom. The number of nitrogens with zero attached hydrogens (tertiary/aromatic N) is 1. The zero-order valence-electron chi connectivity index (χ0n) is 15.2. The molecule has 0 aliphatic carbocycles. The fourth-order valence-corrected chi connectivity index (χ4v) is 3.80. The summed E-state index contributed by atoms with van der Waals surface area (Å²) >= 11 is 0. The molecular weight excluding hydrogens is 379 g/mol. The number of halogens is 1. The second kappa shape index (κ2) is 9.25. The van der Waals surface area contributed by atoms with Crippen LogP contribution < -0.4 is 4.89 Å². The summed E-state index contributed by atoms with van der Waals surface area (Å²) in [6.07, 6.45) is 2.85. The van der Waals surface area contributed by atoms with Crippen LogP contribution in [0, 0.1) is 5.82 Å². The lowest BCUT2D eigenvalue weighted by Gasteiger charge is -2.38. The Hall–Kier alpha value is -2.04. The lowest BCUT2D eigenvalue weighted by Crippen LogP contribution is -2.49. The molecule has 1 N–H and O–H groups in total. The molecule has 1 aromatic carbocycles. The van der Waals surface area contributed by atoms with E-state index in [9.17, 15) is 22.4 Å². The number of rotatable bonds is 7. The van der Waals surface area contributed by atoms with E-state index < -0.39 is 35.0 Å². The van der Waals surface area contributed by atoms with Gasteiger partial charge in [-0.1, -0.05) is 4.89 Å². The average Bonchev–Trinajstić information content (AvgIpc) is 2.60. The maximum atomic E-state index is 12.8. The number of benzene rings is 1. The first-order valence-electron chi connectivity index (χ1n) is 8.56. The Morgan fingerprint density at radius 2 is 1.74 bits per heavy atom. The minimum atomic E-state index is -4.06. The lowest BCUT2D eigenvalue weighted by molar-refractivity contribution is -0.158. The maximum absolute atomic E-state index is 12.8. The Bertz CT molecular complexity index is 758. The Morgan fingerprint density at radius 3 is 2.33 bits per heavy atom. The predicted molar refractivity (Wildman–Crippen MR) is 93.3 cm³/mol. The number of hydrogen-bond acceptors (Lipinski definition) is 6. The number of carbonyl (C=O) groups is 2. The summed E-state index contributed by atoms with van der Waals surface area (Å²) in [5, 5.41) is 0. The van der Waals surface area contributed by atoms with Crippen LogP contribution in [-0.2, 0) is 29.2 Å². The monoisotopic (exact) mass is 402 g/mol. The molecule has 2 rings (SSSR count). The van der Waals surface area contributed by atoms with Gasteiger partial charge in [0.15, 0.2) is 13.2 Å². The highest BCUT2D eigenvalue weighted by molar-refractivity contribution is 7.89. The van der Waals surface area contributed by atoms with Crippen molar-refractivity contribution in [1.29, 1.82) is 0 Å². The van der Waals surface area contributed by atoms with Crippen LogP contribution >= 0.6 is 0 Å². The van der Waals surface area contributed by atoms with Crippen molar-refractivity contribution in [2.45, 2.75) is 50.1 Å². The van der Waals surface area contributed by atoms with E-state index in [0.29, 0.717) is 0 Å². The fraction of sp³-hybridized carbons (Fsp3) is 0.529. The van der Waals surface area contributed by atoms with Crippen molar-refractivity contribution in [1.82, 2.24) is 9.79 Å². The normalized spacial score (nSPS) is 20.3. The number of amides is 1. The first-order valence-corrected chi connectivity index (χ1v) is 10.0. The zero-order valence-corrected chi connectivity index (χ0v) is 16.0. The Kier molecular flexibility index (Phi) is 7.28. The summed E-state index contributed by atoms with van der Waals surface area (Å²) in [5.74, 6) is -1.77. The SMILES string of the molecule is C[C@@H]1CCC[C@H](C)N1C(=O)COC(=O)CONS(=O)(=O)c1ccc(F)cc1. The van der Waals surface area contributed by atoms with Crippen LogP contribution in [0.3, 0.4) is 0 Å². The molecule has 0 radical (unpaired) electrons. The molecule has 1 fully saturated rings. The van der Waals surface area contributed by atoms with Crippen molar-refractivity contribution in [3.05, 3.63) is 30.1 Å². The number of nitrogens with one attached hydrogen (secondary N) is 1. The molecule has 10 heteroatoms. The fourth-order valence-electron chi connectivity index (χ4n) is 3.00. The molecule has 1 aliphatic heterocycles. The number of carbonyl (C=O) groups excluding carboxylic acids is 2. The van der Waals surface area contributed by atoms with Gasteiger partial charge in [0.05, 0.1) is 4.90 Å². The minimum absolute atomic E-state index is 0.0821. The van der Waals surface area contributed by atoms with Crippen molar-refractivity contribution in [2.24, 2.45) is 0 Å². The number of piperidine rings is 1. The quantitative estimate of drug-likeness (QED) is 0.546. The van der Waals surface area contributed by atoms with Gasteiger partial charge in [-0.15, -0.1) is 0 Å². The van der Waals surface area contributed by atoms with E-state index in [1.54, 1.807) is 9.79 Å². The molecule has 27 heavy (non-hydrogen) atoms. The second-order valence-electron chi connectivity index (χ2n) is 6.42. The molecule has 0 spiro atoms. The van der Waals surface area contributed by atoms with Gasteiger partial charge in [-0.05, 0) is 57.4 Å². The summed E-state index contributed by atoms with van der Waals surface area (Å²) in [4.78, 5) is 31.8. The maximum Gasteiger partial charge on any atom is 0.334 e. The number of esters is 1. The minimum Gasteiger partial charge on any atom is -0.454 e. The molecule has 1 aliphatic rings. The molecule has 8 nitrogen and oxygen atoms in total. The molecule has 1 amide bonds. The molecule has 2 atom stereocenters. The molecule has 1 heterocycles. The van der Waals surface area contributed by atoms with E-state index >= 15 is 0 Å². The van der Waals surface area contributed by atoms with E-state index in [0.717, 1.165) is 43.5 Å². The smallest absolute Gasteiger partial charge is 0.334 e. The van der Waals surface area contributed by atoms with Gasteiger partial charge < -0.3 is 9.64 Å². The highest BCUT2D eigenvalue weighted by atomic mass is 32.2. The van der Waals surface area contributed by atoms with Crippen molar-refractivity contribution in [3.63, 3.8) is 0 Å². The van der Waals surface area contributed by atoms with Crippen LogP contribution in [0.1, 0.15) is 33.1 Å². The number of sulfonamides is 1. The van der Waals surface area contributed by atoms with E-state index in [1.807, 2.05) is 13.8 Å². The number of ether oxygens (including phenoxy) is 1. The average molecular weight is 402 g/mol. The van der Waals surface area contributed by atoms with E-state index in [4.69, 9.17) is 4.74 Å². The van der Waals surface area contributed by atoms with Crippen molar-refractivity contribution in [3.8, 4) is 0 Å². The van der Waals surface area contributed by atoms with Crippen LogP contribution in [0.4, 0.5) is 4.39 Å². The van der Waals surface area contributed by atoms with Crippen LogP contribution in [0.2, 0.25) is 0 Å². The van der Waals surface area contributed by atoms with Crippen molar-refractivity contribution in [2.75, 3.05) is 13.2 Å². The molecular formula is C17H23FN2O6S. The van der Waals surface area contributed by atoms with Gasteiger partial charge in [0.2, 0.25) is 0 Å². The first-order chi connectivity index (χ1) is 12.7. The predicted octanol–water partition coefficient (Wildman–Crippen LogP) is 1.37. The lowest BCUT2D eigenvalue weighted by atomic mass is 9.97. The largest absolute Gasteiger partial charge is 0.454 e. The van der Waals surface area contributed by atoms with Crippen LogP contribution in [0.15, 0.2) is 29.2 Å². The van der Waals surface area contributed by atoms with Gasteiger partial charge in [-0.3, -0.25) is 9.63 Å². The van der Waals surface area contributed by atoms with E-state index in [-0.39, 0.29) is 22.9 Å². The van der Waals surface area contributed by atoms with E-state index in [1.165, 1.54) is 0 Å². The third kappa shape index (κ3) is 5.98. The number of likely N-dealkylation sites (tertiary alicyclic amines) is 1. The number of hydrogen-bond donors (Lipinski definition) is 1. The topological polar surface area (TPSA) is 102 Å². The van der Waals surface area contributed by atoms with Crippen molar-refractivity contribution >= 4 is 21.9 Å². The molecule has 1 saturated heterocycles. The third-order valence-corrected chi connectivity index (χ3v) is 5.55. The zero-order chi connectivity index (χ0) is 20.0. The second-order valence-corrected chi connectivity index (χ2v) is 8.06. The molecule has 0 unspecified atom stereocenters. The summed E-state index contributed by atoms with van der Waals surface area (Å²) in [6, 6.07) is 4.24.